The van der Waals surface area contributed by atoms with Crippen LogP contribution in [0.2, 0.25) is 0 Å². The summed E-state index contributed by atoms with van der Waals surface area (Å²) in [6, 6.07) is 10.7. The van der Waals surface area contributed by atoms with Gasteiger partial charge in [0.25, 0.3) is 0 Å². The quantitative estimate of drug-likeness (QED) is 0.622. The first kappa shape index (κ1) is 12.2. The van der Waals surface area contributed by atoms with Crippen molar-refractivity contribution in [1.29, 1.82) is 0 Å². The molecule has 0 radical (unpaired) electrons. The van der Waals surface area contributed by atoms with E-state index in [1.54, 1.807) is 0 Å². The van der Waals surface area contributed by atoms with E-state index in [0.29, 0.717) is 5.92 Å². The van der Waals surface area contributed by atoms with Gasteiger partial charge in [0, 0.05) is 5.92 Å². The molecule has 2 nitrogen and oxygen atoms in total. The number of amidine groups is 1. The molecule has 1 atom stereocenters. The lowest BCUT2D eigenvalue weighted by Crippen LogP contribution is -2.22. The van der Waals surface area contributed by atoms with Crippen LogP contribution in [0.3, 0.4) is 0 Å². The second-order valence-electron chi connectivity index (χ2n) is 4.87. The van der Waals surface area contributed by atoms with E-state index < -0.39 is 0 Å². The van der Waals surface area contributed by atoms with Gasteiger partial charge in [0.2, 0.25) is 0 Å². The van der Waals surface area contributed by atoms with E-state index in [0.717, 1.165) is 12.3 Å². The summed E-state index contributed by atoms with van der Waals surface area (Å²) in [5.74, 6) is 1.41. The number of aliphatic imine (C=N–C) groups is 1. The molecule has 2 N–H and O–H groups in total. The van der Waals surface area contributed by atoms with Gasteiger partial charge in [0.1, 0.15) is 0 Å². The van der Waals surface area contributed by atoms with E-state index in [2.05, 4.69) is 31.2 Å². The molecule has 0 bridgehead atoms. The van der Waals surface area contributed by atoms with Crippen LogP contribution in [0, 0.1) is 5.92 Å². The van der Waals surface area contributed by atoms with Crippen LogP contribution in [0.4, 0.5) is 0 Å². The molecular formula is C15H22N2. The second kappa shape index (κ2) is 5.85. The minimum absolute atomic E-state index is 0.233. The Morgan fingerprint density at radius 3 is 2.53 bits per heavy atom. The lowest BCUT2D eigenvalue weighted by Gasteiger charge is -2.15. The van der Waals surface area contributed by atoms with Gasteiger partial charge in [0.15, 0.2) is 0 Å². The van der Waals surface area contributed by atoms with E-state index in [1.165, 1.54) is 31.2 Å². The Morgan fingerprint density at radius 1 is 1.29 bits per heavy atom. The standard InChI is InChI=1S/C15H22N2/c1-2-14(12-8-4-3-5-9-12)17-15(16)13-10-6-7-11-13/h3-5,8-9,13-14H,2,6-7,10-11H2,1H3,(H2,16,17). The number of hydrogen-bond acceptors (Lipinski definition) is 1. The predicted octanol–water partition coefficient (Wildman–Crippen LogP) is 3.69. The molecule has 0 spiro atoms. The maximum atomic E-state index is 6.14. The number of nitrogens with two attached hydrogens (primary N) is 1. The van der Waals surface area contributed by atoms with Crippen molar-refractivity contribution in [2.45, 2.75) is 45.1 Å². The van der Waals surface area contributed by atoms with Crippen molar-refractivity contribution >= 4 is 5.84 Å². The first-order valence-corrected chi connectivity index (χ1v) is 6.69. The molecule has 1 aliphatic carbocycles. The molecule has 17 heavy (non-hydrogen) atoms. The van der Waals surface area contributed by atoms with E-state index >= 15 is 0 Å². The van der Waals surface area contributed by atoms with Crippen molar-refractivity contribution in [1.82, 2.24) is 0 Å². The van der Waals surface area contributed by atoms with Crippen LogP contribution >= 0.6 is 0 Å². The van der Waals surface area contributed by atoms with Crippen molar-refractivity contribution in [2.24, 2.45) is 16.6 Å². The molecule has 1 aromatic carbocycles. The monoisotopic (exact) mass is 230 g/mol. The lowest BCUT2D eigenvalue weighted by molar-refractivity contribution is 0.663. The van der Waals surface area contributed by atoms with Gasteiger partial charge in [-0.05, 0) is 24.8 Å². The molecule has 1 aliphatic rings. The van der Waals surface area contributed by atoms with Crippen LogP contribution in [0.5, 0.6) is 0 Å². The van der Waals surface area contributed by atoms with Gasteiger partial charge in [-0.3, -0.25) is 4.99 Å². The maximum absolute atomic E-state index is 6.14. The van der Waals surface area contributed by atoms with Gasteiger partial charge in [-0.1, -0.05) is 50.1 Å². The van der Waals surface area contributed by atoms with Crippen LogP contribution < -0.4 is 5.73 Å². The molecule has 1 fully saturated rings. The Hall–Kier alpha value is -1.31. The maximum Gasteiger partial charge on any atom is 0.0976 e. The van der Waals surface area contributed by atoms with Crippen LogP contribution in [-0.4, -0.2) is 5.84 Å². The highest BCUT2D eigenvalue weighted by atomic mass is 14.9. The van der Waals surface area contributed by atoms with Gasteiger partial charge in [0.05, 0.1) is 11.9 Å². The molecule has 2 heteroatoms. The molecule has 0 heterocycles. The first-order valence-electron chi connectivity index (χ1n) is 6.69. The van der Waals surface area contributed by atoms with E-state index in [9.17, 15) is 0 Å². The van der Waals surface area contributed by atoms with Crippen molar-refractivity contribution in [3.05, 3.63) is 35.9 Å². The zero-order valence-corrected chi connectivity index (χ0v) is 10.6. The Morgan fingerprint density at radius 2 is 1.94 bits per heavy atom. The van der Waals surface area contributed by atoms with Gasteiger partial charge in [-0.2, -0.15) is 0 Å². The number of rotatable bonds is 4. The average molecular weight is 230 g/mol. The summed E-state index contributed by atoms with van der Waals surface area (Å²) < 4.78 is 0. The zero-order valence-electron chi connectivity index (χ0n) is 10.6. The van der Waals surface area contributed by atoms with E-state index in [4.69, 9.17) is 10.7 Å². The van der Waals surface area contributed by atoms with Crippen LogP contribution in [0.1, 0.15) is 50.6 Å². The number of hydrogen-bond donors (Lipinski definition) is 1. The van der Waals surface area contributed by atoms with E-state index in [1.807, 2.05) is 6.07 Å². The minimum Gasteiger partial charge on any atom is -0.387 e. The van der Waals surface area contributed by atoms with Crippen LogP contribution in [0.15, 0.2) is 35.3 Å². The molecule has 0 aliphatic heterocycles. The summed E-state index contributed by atoms with van der Waals surface area (Å²) in [6.45, 7) is 2.17. The average Bonchev–Trinajstić information content (AvgIpc) is 2.90. The highest BCUT2D eigenvalue weighted by Crippen LogP contribution is 2.27. The Balaban J connectivity index is 2.11. The van der Waals surface area contributed by atoms with Crippen molar-refractivity contribution in [3.8, 4) is 0 Å². The fraction of sp³-hybridized carbons (Fsp3) is 0.533. The van der Waals surface area contributed by atoms with Gasteiger partial charge in [-0.25, -0.2) is 0 Å². The zero-order chi connectivity index (χ0) is 12.1. The number of nitrogens with zero attached hydrogens (tertiary/aromatic N) is 1. The third-order valence-electron chi connectivity index (χ3n) is 3.65. The van der Waals surface area contributed by atoms with Crippen LogP contribution in [-0.2, 0) is 0 Å². The normalized spacial score (nSPS) is 19.5. The second-order valence-corrected chi connectivity index (χ2v) is 4.87. The highest BCUT2D eigenvalue weighted by molar-refractivity contribution is 5.83. The summed E-state index contributed by atoms with van der Waals surface area (Å²) >= 11 is 0. The molecule has 0 saturated heterocycles. The SMILES string of the molecule is CCC(N=C(N)C1CCCC1)c1ccccc1. The highest BCUT2D eigenvalue weighted by Gasteiger charge is 2.19. The van der Waals surface area contributed by atoms with Gasteiger partial charge in [-0.15, -0.1) is 0 Å². The predicted molar refractivity (Wildman–Crippen MR) is 73.1 cm³/mol. The first-order chi connectivity index (χ1) is 8.31. The minimum atomic E-state index is 0.233. The summed E-state index contributed by atoms with van der Waals surface area (Å²) in [4.78, 5) is 4.74. The summed E-state index contributed by atoms with van der Waals surface area (Å²) in [5.41, 5.74) is 7.42. The molecule has 1 unspecified atom stereocenters. The fourth-order valence-electron chi connectivity index (χ4n) is 2.58. The summed E-state index contributed by atoms with van der Waals surface area (Å²) in [6.07, 6.45) is 6.07. The van der Waals surface area contributed by atoms with Crippen molar-refractivity contribution in [2.75, 3.05) is 0 Å². The molecule has 1 aromatic rings. The molecule has 2 rings (SSSR count). The Kier molecular flexibility index (Phi) is 4.18. The van der Waals surface area contributed by atoms with Crippen molar-refractivity contribution < 1.29 is 0 Å². The molecular weight excluding hydrogens is 208 g/mol. The van der Waals surface area contributed by atoms with Gasteiger partial charge < -0.3 is 5.73 Å². The van der Waals surface area contributed by atoms with Crippen molar-refractivity contribution in [3.63, 3.8) is 0 Å². The number of benzene rings is 1. The Bertz CT molecular complexity index is 364. The molecule has 1 saturated carbocycles. The third-order valence-corrected chi connectivity index (χ3v) is 3.65. The molecule has 92 valence electrons. The molecule has 0 aromatic heterocycles. The third kappa shape index (κ3) is 3.09. The summed E-state index contributed by atoms with van der Waals surface area (Å²) in [7, 11) is 0. The van der Waals surface area contributed by atoms with E-state index in [-0.39, 0.29) is 6.04 Å². The van der Waals surface area contributed by atoms with Crippen LogP contribution in [0.25, 0.3) is 0 Å². The summed E-state index contributed by atoms with van der Waals surface area (Å²) in [5, 5.41) is 0. The topological polar surface area (TPSA) is 38.4 Å². The van der Waals surface area contributed by atoms with Gasteiger partial charge >= 0.3 is 0 Å². The largest absolute Gasteiger partial charge is 0.387 e. The Labute approximate surface area is 104 Å². The fourth-order valence-corrected chi connectivity index (χ4v) is 2.58. The lowest BCUT2D eigenvalue weighted by atomic mass is 10.0. The molecule has 0 amide bonds. The smallest absolute Gasteiger partial charge is 0.0976 e.